The quantitative estimate of drug-likeness (QED) is 0.421. The normalized spacial score (nSPS) is 12.7. The van der Waals surface area contributed by atoms with E-state index in [1.165, 1.54) is 0 Å². The molecule has 166 valence electrons. The summed E-state index contributed by atoms with van der Waals surface area (Å²) in [5, 5.41) is 8.01. The molecule has 0 radical (unpaired) electrons. The van der Waals surface area contributed by atoms with Gasteiger partial charge in [-0.15, -0.1) is 0 Å². The molecule has 2 aromatic carbocycles. The Morgan fingerprint density at radius 3 is 2.66 bits per heavy atom. The number of hydrogen-bond acceptors (Lipinski definition) is 6. The molecule has 0 aliphatic heterocycles. The molecule has 0 spiro atoms. The molecule has 7 nitrogen and oxygen atoms in total. The lowest BCUT2D eigenvalue weighted by molar-refractivity contribution is 0.0936. The molecule has 4 aromatic rings. The number of nitrogens with one attached hydrogen (secondary N) is 1. The summed E-state index contributed by atoms with van der Waals surface area (Å²) in [6, 6.07) is 14.5. The standard InChI is InChI=1S/C25H27N3O4/c1-6-30-19-13-9-10-16-14-20(31-21(16)19)15(2)26-22(29)17-11-7-8-12-18(17)23-27-24(28-32-23)25(3,4)5/h7-15H,6H2,1-5H3,(H,26,29). The van der Waals surface area contributed by atoms with E-state index < -0.39 is 0 Å². The van der Waals surface area contributed by atoms with Crippen LogP contribution in [0.25, 0.3) is 22.4 Å². The number of para-hydroxylation sites is 1. The molecule has 32 heavy (non-hydrogen) atoms. The molecule has 0 fully saturated rings. The summed E-state index contributed by atoms with van der Waals surface area (Å²) < 4.78 is 17.1. The summed E-state index contributed by atoms with van der Waals surface area (Å²) in [6.45, 7) is 10.4. The van der Waals surface area contributed by atoms with E-state index in [1.807, 2.05) is 65.0 Å². The molecule has 1 unspecified atom stereocenters. The Kier molecular flexibility index (Phi) is 5.74. The van der Waals surface area contributed by atoms with Gasteiger partial charge in [0.05, 0.1) is 23.8 Å². The molecule has 2 aromatic heterocycles. The number of benzene rings is 2. The van der Waals surface area contributed by atoms with Gasteiger partial charge in [-0.2, -0.15) is 4.98 Å². The summed E-state index contributed by atoms with van der Waals surface area (Å²) in [5.41, 5.74) is 1.46. The minimum Gasteiger partial charge on any atom is -0.490 e. The Hall–Kier alpha value is -3.61. The van der Waals surface area contributed by atoms with Crippen molar-refractivity contribution in [2.45, 2.75) is 46.1 Å². The van der Waals surface area contributed by atoms with Crippen molar-refractivity contribution in [3.63, 3.8) is 0 Å². The van der Waals surface area contributed by atoms with Gasteiger partial charge in [0.1, 0.15) is 5.76 Å². The second kappa shape index (κ2) is 8.49. The van der Waals surface area contributed by atoms with Crippen LogP contribution in [0.1, 0.15) is 62.6 Å². The Morgan fingerprint density at radius 2 is 1.94 bits per heavy atom. The highest BCUT2D eigenvalue weighted by molar-refractivity contribution is 6.00. The highest BCUT2D eigenvalue weighted by atomic mass is 16.5. The average Bonchev–Trinajstić information content (AvgIpc) is 3.42. The third kappa shape index (κ3) is 4.23. The zero-order valence-electron chi connectivity index (χ0n) is 18.9. The molecule has 7 heteroatoms. The van der Waals surface area contributed by atoms with Crippen molar-refractivity contribution in [1.82, 2.24) is 15.5 Å². The number of carbonyl (C=O) groups is 1. The van der Waals surface area contributed by atoms with E-state index in [2.05, 4.69) is 15.5 Å². The van der Waals surface area contributed by atoms with Crippen LogP contribution in [0.4, 0.5) is 0 Å². The number of rotatable bonds is 6. The van der Waals surface area contributed by atoms with Crippen molar-refractivity contribution < 1.29 is 18.5 Å². The third-order valence-corrected chi connectivity index (χ3v) is 5.10. The van der Waals surface area contributed by atoms with Crippen molar-refractivity contribution in [3.05, 3.63) is 65.7 Å². The van der Waals surface area contributed by atoms with Crippen LogP contribution in [0.3, 0.4) is 0 Å². The Labute approximate surface area is 186 Å². The zero-order chi connectivity index (χ0) is 22.9. The first-order valence-electron chi connectivity index (χ1n) is 10.7. The summed E-state index contributed by atoms with van der Waals surface area (Å²) in [6.07, 6.45) is 0. The minimum atomic E-state index is -0.356. The summed E-state index contributed by atoms with van der Waals surface area (Å²) in [5.74, 6) is 1.98. The Balaban J connectivity index is 1.59. The van der Waals surface area contributed by atoms with Gasteiger partial charge in [0.2, 0.25) is 0 Å². The lowest BCUT2D eigenvalue weighted by Gasteiger charge is -2.13. The second-order valence-electron chi connectivity index (χ2n) is 8.67. The number of fused-ring (bicyclic) bond motifs is 1. The number of amides is 1. The highest BCUT2D eigenvalue weighted by Gasteiger charge is 2.24. The molecule has 2 heterocycles. The fourth-order valence-corrected chi connectivity index (χ4v) is 3.39. The molecular formula is C25H27N3O4. The van der Waals surface area contributed by atoms with Crippen molar-refractivity contribution in [2.75, 3.05) is 6.61 Å². The van der Waals surface area contributed by atoms with Crippen LogP contribution < -0.4 is 10.1 Å². The van der Waals surface area contributed by atoms with E-state index in [-0.39, 0.29) is 17.4 Å². The smallest absolute Gasteiger partial charge is 0.258 e. The van der Waals surface area contributed by atoms with Crippen LogP contribution in [0.2, 0.25) is 0 Å². The fraction of sp³-hybridized carbons (Fsp3) is 0.320. The van der Waals surface area contributed by atoms with Crippen LogP contribution in [0, 0.1) is 0 Å². The minimum absolute atomic E-state index is 0.255. The fourth-order valence-electron chi connectivity index (χ4n) is 3.39. The lowest BCUT2D eigenvalue weighted by atomic mass is 9.96. The number of furan rings is 1. The van der Waals surface area contributed by atoms with E-state index in [9.17, 15) is 4.79 Å². The van der Waals surface area contributed by atoms with Crippen molar-refractivity contribution in [1.29, 1.82) is 0 Å². The van der Waals surface area contributed by atoms with Crippen molar-refractivity contribution >= 4 is 16.9 Å². The molecule has 0 aliphatic carbocycles. The van der Waals surface area contributed by atoms with Gasteiger partial charge in [0, 0.05) is 10.8 Å². The first kappa shape index (κ1) is 21.6. The maximum absolute atomic E-state index is 13.1. The second-order valence-corrected chi connectivity index (χ2v) is 8.67. The van der Waals surface area contributed by atoms with Gasteiger partial charge in [-0.25, -0.2) is 0 Å². The van der Waals surface area contributed by atoms with Crippen LogP contribution >= 0.6 is 0 Å². The van der Waals surface area contributed by atoms with Gasteiger partial charge < -0.3 is 19.0 Å². The van der Waals surface area contributed by atoms with Gasteiger partial charge in [0.25, 0.3) is 11.8 Å². The van der Waals surface area contributed by atoms with Crippen LogP contribution in [0.15, 0.2) is 57.5 Å². The molecule has 1 N–H and O–H groups in total. The molecule has 1 atom stereocenters. The van der Waals surface area contributed by atoms with E-state index >= 15 is 0 Å². The van der Waals surface area contributed by atoms with Crippen LogP contribution in [-0.4, -0.2) is 22.7 Å². The summed E-state index contributed by atoms with van der Waals surface area (Å²) in [7, 11) is 0. The number of aromatic nitrogens is 2. The predicted molar refractivity (Wildman–Crippen MR) is 122 cm³/mol. The highest BCUT2D eigenvalue weighted by Crippen LogP contribution is 2.32. The molecule has 0 bridgehead atoms. The molecule has 0 aliphatic rings. The van der Waals surface area contributed by atoms with Gasteiger partial charge in [-0.05, 0) is 38.1 Å². The molecular weight excluding hydrogens is 406 g/mol. The number of nitrogens with zero attached hydrogens (tertiary/aromatic N) is 2. The Morgan fingerprint density at radius 1 is 1.16 bits per heavy atom. The maximum Gasteiger partial charge on any atom is 0.258 e. The van der Waals surface area contributed by atoms with Gasteiger partial charge >= 0.3 is 0 Å². The maximum atomic E-state index is 13.1. The van der Waals surface area contributed by atoms with E-state index in [1.54, 1.807) is 18.2 Å². The number of ether oxygens (including phenoxy) is 1. The first-order valence-corrected chi connectivity index (χ1v) is 10.7. The van der Waals surface area contributed by atoms with Crippen molar-refractivity contribution in [3.8, 4) is 17.2 Å². The monoisotopic (exact) mass is 433 g/mol. The van der Waals surface area contributed by atoms with Gasteiger partial charge in [-0.3, -0.25) is 4.79 Å². The zero-order valence-corrected chi connectivity index (χ0v) is 18.9. The molecule has 0 saturated carbocycles. The van der Waals surface area contributed by atoms with Gasteiger partial charge in [-0.1, -0.05) is 50.2 Å². The largest absolute Gasteiger partial charge is 0.490 e. The summed E-state index contributed by atoms with van der Waals surface area (Å²) in [4.78, 5) is 17.6. The predicted octanol–water partition coefficient (Wildman–Crippen LogP) is 5.67. The topological polar surface area (TPSA) is 90.4 Å². The number of carbonyl (C=O) groups excluding carboxylic acids is 1. The SMILES string of the molecule is CCOc1cccc2cc(C(C)NC(=O)c3ccccc3-c3nc(C(C)(C)C)no3)oc12. The first-order chi connectivity index (χ1) is 15.3. The Bertz CT molecular complexity index is 1250. The molecule has 4 rings (SSSR count). The lowest BCUT2D eigenvalue weighted by Crippen LogP contribution is -2.26. The van der Waals surface area contributed by atoms with E-state index in [0.717, 1.165) is 5.39 Å². The van der Waals surface area contributed by atoms with E-state index in [4.69, 9.17) is 13.7 Å². The third-order valence-electron chi connectivity index (χ3n) is 5.10. The van der Waals surface area contributed by atoms with Crippen molar-refractivity contribution in [2.24, 2.45) is 0 Å². The molecule has 1 amide bonds. The van der Waals surface area contributed by atoms with E-state index in [0.29, 0.717) is 46.5 Å². The summed E-state index contributed by atoms with van der Waals surface area (Å²) >= 11 is 0. The average molecular weight is 434 g/mol. The number of hydrogen-bond donors (Lipinski definition) is 1. The van der Waals surface area contributed by atoms with Crippen LogP contribution in [0.5, 0.6) is 5.75 Å². The van der Waals surface area contributed by atoms with Gasteiger partial charge in [0.15, 0.2) is 17.2 Å². The van der Waals surface area contributed by atoms with Crippen LogP contribution in [-0.2, 0) is 5.41 Å². The molecule has 0 saturated heterocycles.